The van der Waals surface area contributed by atoms with E-state index in [0.717, 1.165) is 22.3 Å². The number of hydrogen-bond donors (Lipinski definition) is 3. The highest BCUT2D eigenvalue weighted by atomic mass is 32.2. The van der Waals surface area contributed by atoms with E-state index in [1.165, 1.54) is 18.5 Å². The molecule has 2 amide bonds. The summed E-state index contributed by atoms with van der Waals surface area (Å²) in [7, 11) is -3.49. The Bertz CT molecular complexity index is 1640. The number of rotatable bonds is 6. The number of benzene rings is 2. The molecule has 1 atom stereocenters. The molecule has 2 aromatic carbocycles. The van der Waals surface area contributed by atoms with Crippen LogP contribution in [0.5, 0.6) is 0 Å². The van der Waals surface area contributed by atoms with E-state index in [-0.39, 0.29) is 10.8 Å². The van der Waals surface area contributed by atoms with Crippen molar-refractivity contribution in [2.24, 2.45) is 0 Å². The molecule has 2 aromatic heterocycles. The van der Waals surface area contributed by atoms with Crippen LogP contribution in [-0.2, 0) is 14.6 Å². The number of anilines is 3. The van der Waals surface area contributed by atoms with Gasteiger partial charge in [-0.15, -0.1) is 0 Å². The molecule has 0 spiro atoms. The van der Waals surface area contributed by atoms with Crippen LogP contribution in [0.4, 0.5) is 21.9 Å². The number of aromatic nitrogens is 3. The third kappa shape index (κ3) is 5.11. The van der Waals surface area contributed by atoms with Gasteiger partial charge in [-0.25, -0.2) is 13.2 Å². The Morgan fingerprint density at radius 3 is 2.53 bits per heavy atom. The number of carboxylic acid groups (broad SMARTS) is 1. The molecule has 1 aliphatic heterocycles. The zero-order chi connectivity index (χ0) is 26.9. The molecular weight excluding hydrogens is 508 g/mol. The van der Waals surface area contributed by atoms with Crippen molar-refractivity contribution in [3.63, 3.8) is 0 Å². The lowest BCUT2D eigenvalue weighted by Crippen LogP contribution is -2.42. The Kier molecular flexibility index (Phi) is 6.64. The van der Waals surface area contributed by atoms with Crippen LogP contribution in [0.25, 0.3) is 22.2 Å². The zero-order valence-corrected chi connectivity index (χ0v) is 21.1. The summed E-state index contributed by atoms with van der Waals surface area (Å²) in [4.78, 5) is 38.3. The standard InChI is InChI=1S/C26H24N6O5S/c1-38(36,37)23-8-9-27-15-21(23)30-18-13-19(24-20(14-18)28-10-11-29-24)16-4-6-17(7-5-16)31-25(33)22-3-2-12-32(22)26(34)35/h4-11,13-15,22,30H,2-3,12H2,1H3,(H,31,33)(H,34,35). The number of carbonyl (C=O) groups excluding carboxylic acids is 1. The smallest absolute Gasteiger partial charge is 0.407 e. The second kappa shape index (κ2) is 10.1. The molecule has 1 aliphatic rings. The van der Waals surface area contributed by atoms with Crippen LogP contribution in [0.2, 0.25) is 0 Å². The van der Waals surface area contributed by atoms with Gasteiger partial charge in [0.2, 0.25) is 5.91 Å². The average molecular weight is 533 g/mol. The van der Waals surface area contributed by atoms with Gasteiger partial charge in [-0.3, -0.25) is 24.6 Å². The van der Waals surface area contributed by atoms with Gasteiger partial charge in [0.1, 0.15) is 6.04 Å². The largest absolute Gasteiger partial charge is 0.465 e. The monoisotopic (exact) mass is 532 g/mol. The minimum absolute atomic E-state index is 0.122. The number of fused-ring (bicyclic) bond motifs is 1. The fraction of sp³-hybridized carbons (Fsp3) is 0.192. The van der Waals surface area contributed by atoms with Crippen LogP contribution < -0.4 is 10.6 Å². The van der Waals surface area contributed by atoms with E-state index >= 15 is 0 Å². The molecule has 1 fully saturated rings. The molecule has 3 heterocycles. The molecule has 4 aromatic rings. The first-order chi connectivity index (χ1) is 18.2. The van der Waals surface area contributed by atoms with E-state index in [4.69, 9.17) is 0 Å². The van der Waals surface area contributed by atoms with E-state index < -0.39 is 22.0 Å². The summed E-state index contributed by atoms with van der Waals surface area (Å²) in [5.41, 5.74) is 4.25. The van der Waals surface area contributed by atoms with E-state index in [2.05, 4.69) is 25.6 Å². The molecule has 12 heteroatoms. The maximum atomic E-state index is 12.7. The highest BCUT2D eigenvalue weighted by molar-refractivity contribution is 7.90. The molecule has 3 N–H and O–H groups in total. The molecule has 0 saturated carbocycles. The lowest BCUT2D eigenvalue weighted by atomic mass is 10.0. The quantitative estimate of drug-likeness (QED) is 0.335. The lowest BCUT2D eigenvalue weighted by Gasteiger charge is -2.20. The first-order valence-electron chi connectivity index (χ1n) is 11.8. The van der Waals surface area contributed by atoms with Crippen LogP contribution in [0.3, 0.4) is 0 Å². The first kappa shape index (κ1) is 25.1. The fourth-order valence-electron chi connectivity index (χ4n) is 4.55. The van der Waals surface area contributed by atoms with Gasteiger partial charge in [0.05, 0.1) is 27.8 Å². The van der Waals surface area contributed by atoms with Gasteiger partial charge in [-0.1, -0.05) is 12.1 Å². The summed E-state index contributed by atoms with van der Waals surface area (Å²) in [6.45, 7) is 0.343. The van der Waals surface area contributed by atoms with Crippen molar-refractivity contribution in [2.75, 3.05) is 23.4 Å². The van der Waals surface area contributed by atoms with Crippen molar-refractivity contribution < 1.29 is 23.1 Å². The number of carbonyl (C=O) groups is 2. The van der Waals surface area contributed by atoms with Gasteiger partial charge < -0.3 is 15.7 Å². The third-order valence-corrected chi connectivity index (χ3v) is 7.45. The minimum Gasteiger partial charge on any atom is -0.465 e. The number of pyridine rings is 1. The number of hydrogen-bond acceptors (Lipinski definition) is 8. The van der Waals surface area contributed by atoms with Gasteiger partial charge >= 0.3 is 6.09 Å². The second-order valence-electron chi connectivity index (χ2n) is 8.92. The minimum atomic E-state index is -3.49. The van der Waals surface area contributed by atoms with Gasteiger partial charge in [-0.05, 0) is 48.7 Å². The number of amides is 2. The molecule has 38 heavy (non-hydrogen) atoms. The summed E-state index contributed by atoms with van der Waals surface area (Å²) in [6.07, 6.45) is 7.20. The van der Waals surface area contributed by atoms with Gasteiger partial charge in [-0.2, -0.15) is 0 Å². The molecular formula is C26H24N6O5S. The number of sulfone groups is 1. The molecule has 0 bridgehead atoms. The number of likely N-dealkylation sites (tertiary alicyclic amines) is 1. The SMILES string of the molecule is CS(=O)(=O)c1ccncc1Nc1cc(-c2ccc(NC(=O)C3CCCN3C(=O)O)cc2)c2nccnc2c1. The predicted molar refractivity (Wildman–Crippen MR) is 142 cm³/mol. The Morgan fingerprint density at radius 2 is 1.79 bits per heavy atom. The summed E-state index contributed by atoms with van der Waals surface area (Å²) < 4.78 is 24.5. The summed E-state index contributed by atoms with van der Waals surface area (Å²) in [6, 6.07) is 11.4. The zero-order valence-electron chi connectivity index (χ0n) is 20.3. The first-order valence-corrected chi connectivity index (χ1v) is 13.7. The van der Waals surface area contributed by atoms with E-state index in [1.54, 1.807) is 30.6 Å². The van der Waals surface area contributed by atoms with Crippen molar-refractivity contribution in [3.05, 3.63) is 67.3 Å². The Balaban J connectivity index is 1.45. The highest BCUT2D eigenvalue weighted by Gasteiger charge is 2.34. The second-order valence-corrected chi connectivity index (χ2v) is 10.9. The lowest BCUT2D eigenvalue weighted by molar-refractivity contribution is -0.119. The van der Waals surface area contributed by atoms with Crippen LogP contribution in [0.15, 0.2) is 72.1 Å². The highest BCUT2D eigenvalue weighted by Crippen LogP contribution is 2.33. The Labute approximate surface area is 218 Å². The average Bonchev–Trinajstić information content (AvgIpc) is 3.39. The normalized spacial score (nSPS) is 15.4. The summed E-state index contributed by atoms with van der Waals surface area (Å²) >= 11 is 0. The maximum Gasteiger partial charge on any atom is 0.407 e. The topological polar surface area (TPSA) is 154 Å². The van der Waals surface area contributed by atoms with Crippen LogP contribution in [0, 0.1) is 0 Å². The van der Waals surface area contributed by atoms with E-state index in [9.17, 15) is 23.1 Å². The number of nitrogens with one attached hydrogen (secondary N) is 2. The van der Waals surface area contributed by atoms with Crippen molar-refractivity contribution in [2.45, 2.75) is 23.8 Å². The predicted octanol–water partition coefficient (Wildman–Crippen LogP) is 3.92. The van der Waals surface area contributed by atoms with Gasteiger partial charge in [0.15, 0.2) is 9.84 Å². The Morgan fingerprint density at radius 1 is 1.03 bits per heavy atom. The van der Waals surface area contributed by atoms with Crippen molar-refractivity contribution >= 4 is 49.9 Å². The summed E-state index contributed by atoms with van der Waals surface area (Å²) in [5, 5.41) is 15.3. The van der Waals surface area contributed by atoms with Crippen LogP contribution in [0.1, 0.15) is 12.8 Å². The molecule has 194 valence electrons. The Hall–Kier alpha value is -4.58. The fourth-order valence-corrected chi connectivity index (χ4v) is 5.36. The molecule has 1 saturated heterocycles. The maximum absolute atomic E-state index is 12.7. The van der Waals surface area contributed by atoms with Crippen LogP contribution >= 0.6 is 0 Å². The van der Waals surface area contributed by atoms with E-state index in [0.29, 0.717) is 47.5 Å². The van der Waals surface area contributed by atoms with E-state index in [1.807, 2.05) is 18.2 Å². The van der Waals surface area contributed by atoms with Gasteiger partial charge in [0, 0.05) is 48.3 Å². The van der Waals surface area contributed by atoms with Crippen molar-refractivity contribution in [1.29, 1.82) is 0 Å². The molecule has 1 unspecified atom stereocenters. The molecule has 0 radical (unpaired) electrons. The molecule has 5 rings (SSSR count). The third-order valence-electron chi connectivity index (χ3n) is 6.30. The number of nitrogens with zero attached hydrogens (tertiary/aromatic N) is 4. The van der Waals surface area contributed by atoms with Crippen LogP contribution in [-0.4, -0.2) is 64.2 Å². The van der Waals surface area contributed by atoms with Gasteiger partial charge in [0.25, 0.3) is 0 Å². The molecule has 0 aliphatic carbocycles. The van der Waals surface area contributed by atoms with Crippen molar-refractivity contribution in [3.8, 4) is 11.1 Å². The van der Waals surface area contributed by atoms with Crippen molar-refractivity contribution in [1.82, 2.24) is 19.9 Å². The molecule has 11 nitrogen and oxygen atoms in total. The summed E-state index contributed by atoms with van der Waals surface area (Å²) in [5.74, 6) is -0.363.